The topological polar surface area (TPSA) is 147 Å². The second-order valence-electron chi connectivity index (χ2n) is 14.8. The number of alkyl carbamates (subject to hydrolysis) is 1. The number of carbonyl (C=O) groups excluding carboxylic acids is 3. The lowest BCUT2D eigenvalue weighted by Crippen LogP contribution is -2.56. The van der Waals surface area contributed by atoms with Gasteiger partial charge >= 0.3 is 12.1 Å². The highest BCUT2D eigenvalue weighted by molar-refractivity contribution is 5.96. The number of pyridine rings is 1. The first-order chi connectivity index (χ1) is 22.2. The summed E-state index contributed by atoms with van der Waals surface area (Å²) in [6.45, 7) is 9.32. The summed E-state index contributed by atoms with van der Waals surface area (Å²) in [4.78, 5) is 60.3. The van der Waals surface area contributed by atoms with Crippen molar-refractivity contribution in [1.82, 2.24) is 20.5 Å². The van der Waals surface area contributed by atoms with Crippen molar-refractivity contribution in [2.75, 3.05) is 6.54 Å². The van der Waals surface area contributed by atoms with Crippen LogP contribution in [-0.4, -0.2) is 74.2 Å². The molecule has 1 aromatic carbocycles. The lowest BCUT2D eigenvalue weighted by Gasteiger charge is -2.37. The number of allylic oxidation sites excluding steroid dienone is 1. The maximum atomic E-state index is 14.4. The zero-order valence-corrected chi connectivity index (χ0v) is 28.0. The Morgan fingerprint density at radius 1 is 1.15 bits per heavy atom. The van der Waals surface area contributed by atoms with Crippen LogP contribution in [0.3, 0.4) is 0 Å². The molecule has 0 radical (unpaired) electrons. The third-order valence-corrected chi connectivity index (χ3v) is 9.97. The van der Waals surface area contributed by atoms with E-state index >= 15 is 0 Å². The lowest BCUT2D eigenvalue weighted by molar-refractivity contribution is -0.145. The molecule has 3 aliphatic heterocycles. The van der Waals surface area contributed by atoms with E-state index < -0.39 is 52.7 Å². The zero-order valence-electron chi connectivity index (χ0n) is 28.0. The van der Waals surface area contributed by atoms with Gasteiger partial charge in [-0.25, -0.2) is 14.6 Å². The minimum absolute atomic E-state index is 0.116. The number of carboxylic acid groups (broad SMARTS) is 1. The average molecular weight is 647 g/mol. The molecule has 6 rings (SSSR count). The number of nitrogens with zero attached hydrogens (tertiary/aromatic N) is 2. The van der Waals surface area contributed by atoms with E-state index in [1.54, 1.807) is 20.8 Å². The Labute approximate surface area is 275 Å². The van der Waals surface area contributed by atoms with Gasteiger partial charge in [0.2, 0.25) is 11.8 Å². The highest BCUT2D eigenvalue weighted by Crippen LogP contribution is 2.47. The number of aryl methyl sites for hydroxylation is 3. The van der Waals surface area contributed by atoms with Gasteiger partial charge in [0, 0.05) is 23.3 Å². The molecule has 3 N–H and O–H groups in total. The molecule has 4 heterocycles. The van der Waals surface area contributed by atoms with Crippen LogP contribution >= 0.6 is 0 Å². The number of hydrogen-bond donors (Lipinski definition) is 3. The van der Waals surface area contributed by atoms with Crippen LogP contribution in [0.25, 0.3) is 10.9 Å². The lowest BCUT2D eigenvalue weighted by atomic mass is 9.87. The number of carbonyl (C=O) groups is 4. The summed E-state index contributed by atoms with van der Waals surface area (Å²) in [5.74, 6) is -1.68. The number of aliphatic carboxylic acids is 1. The summed E-state index contributed by atoms with van der Waals surface area (Å²) in [6, 6.07) is 4.23. The fourth-order valence-corrected chi connectivity index (χ4v) is 7.46. The first-order valence-corrected chi connectivity index (χ1v) is 16.8. The smallest absolute Gasteiger partial charge is 0.408 e. The van der Waals surface area contributed by atoms with Crippen molar-refractivity contribution in [2.45, 2.75) is 121 Å². The van der Waals surface area contributed by atoms with Gasteiger partial charge in [-0.1, -0.05) is 36.6 Å². The van der Waals surface area contributed by atoms with Crippen molar-refractivity contribution in [1.29, 1.82) is 0 Å². The van der Waals surface area contributed by atoms with Gasteiger partial charge in [0.05, 0.1) is 17.8 Å². The largest absolute Gasteiger partial charge is 0.483 e. The van der Waals surface area contributed by atoms with Crippen molar-refractivity contribution < 1.29 is 33.8 Å². The zero-order chi connectivity index (χ0) is 33.7. The molecule has 1 saturated carbocycles. The first kappa shape index (κ1) is 32.8. The van der Waals surface area contributed by atoms with E-state index in [1.165, 1.54) is 4.90 Å². The van der Waals surface area contributed by atoms with Crippen LogP contribution in [0.1, 0.15) is 89.0 Å². The van der Waals surface area contributed by atoms with E-state index in [0.717, 1.165) is 47.0 Å². The van der Waals surface area contributed by atoms with Crippen LogP contribution in [-0.2, 0) is 25.5 Å². The molecule has 4 aliphatic rings. The summed E-state index contributed by atoms with van der Waals surface area (Å²) in [5.41, 5.74) is 0.733. The molecule has 3 amide bonds. The molecule has 2 aromatic rings. The average Bonchev–Trinajstić information content (AvgIpc) is 3.57. The quantitative estimate of drug-likeness (QED) is 0.391. The van der Waals surface area contributed by atoms with Crippen LogP contribution in [0.2, 0.25) is 0 Å². The molecule has 0 bridgehead atoms. The van der Waals surface area contributed by atoms with E-state index in [9.17, 15) is 24.3 Å². The highest BCUT2D eigenvalue weighted by Gasteiger charge is 2.62. The van der Waals surface area contributed by atoms with E-state index in [1.807, 2.05) is 38.1 Å². The van der Waals surface area contributed by atoms with Gasteiger partial charge < -0.3 is 30.1 Å². The van der Waals surface area contributed by atoms with Crippen LogP contribution in [0.4, 0.5) is 4.79 Å². The Morgan fingerprint density at radius 2 is 1.94 bits per heavy atom. The monoisotopic (exact) mass is 646 g/mol. The Morgan fingerprint density at radius 3 is 2.68 bits per heavy atom. The Hall–Kier alpha value is -4.15. The number of carboxylic acids is 1. The van der Waals surface area contributed by atoms with E-state index in [2.05, 4.69) is 16.7 Å². The number of fused-ring (bicyclic) bond motifs is 5. The van der Waals surface area contributed by atoms with Gasteiger partial charge in [0.1, 0.15) is 34.6 Å². The summed E-state index contributed by atoms with van der Waals surface area (Å²) < 4.78 is 12.3. The van der Waals surface area contributed by atoms with Gasteiger partial charge in [0.25, 0.3) is 0 Å². The van der Waals surface area contributed by atoms with Gasteiger partial charge in [-0.05, 0) is 85.3 Å². The number of benzene rings is 1. The summed E-state index contributed by atoms with van der Waals surface area (Å²) in [7, 11) is 0. The second-order valence-corrected chi connectivity index (χ2v) is 14.8. The van der Waals surface area contributed by atoms with E-state index in [0.29, 0.717) is 37.9 Å². The van der Waals surface area contributed by atoms with Crippen LogP contribution < -0.4 is 15.4 Å². The predicted octanol–water partition coefficient (Wildman–Crippen LogP) is 4.89. The standard InChI is InChI=1S/C36H46N4O7/c1-21-13-14-26-25(17-21)24-15-16-35(46-29(24)22(2)37-26)19-28-30(41)39-36(32(43)44)18-23(36)11-9-7-6-8-10-12-27(31(42)40(28)20-35)38-33(45)47-34(3,4)5/h9,11,13-14,17,23,27-28H,6-8,10,12,15-16,18-20H2,1-5H3,(H,38,45)(H,39,41)(H,43,44)/t23-,27+,28+,35-,36-/m1/s1. The second kappa shape index (κ2) is 12.1. The molecule has 11 nitrogen and oxygen atoms in total. The van der Waals surface area contributed by atoms with Gasteiger partial charge in [-0.2, -0.15) is 0 Å². The number of hydrogen-bond acceptors (Lipinski definition) is 7. The SMILES string of the molecule is Cc1ccc2nc(C)c3c(c2c1)CC[C@]1(C[C@H]2C(=O)N[C@]4(C(=O)O)C[C@H]4C=CCCCCC[C@H](NC(=O)OC(C)(C)C)C(=O)N2C1)O3. The van der Waals surface area contributed by atoms with Crippen molar-refractivity contribution >= 4 is 34.8 Å². The van der Waals surface area contributed by atoms with Crippen molar-refractivity contribution in [3.63, 3.8) is 0 Å². The number of amides is 3. The molecule has 1 saturated heterocycles. The maximum absolute atomic E-state index is 14.4. The summed E-state index contributed by atoms with van der Waals surface area (Å²) in [6.07, 6.45) is 8.36. The molecular weight excluding hydrogens is 600 g/mol. The highest BCUT2D eigenvalue weighted by atomic mass is 16.6. The predicted molar refractivity (Wildman–Crippen MR) is 175 cm³/mol. The molecule has 2 fully saturated rings. The van der Waals surface area contributed by atoms with Gasteiger partial charge in [-0.3, -0.25) is 9.59 Å². The number of aromatic nitrogens is 1. The Bertz CT molecular complexity index is 1650. The minimum atomic E-state index is -1.41. The van der Waals surface area contributed by atoms with E-state index in [-0.39, 0.29) is 18.9 Å². The molecule has 5 atom stereocenters. The van der Waals surface area contributed by atoms with Gasteiger partial charge in [-0.15, -0.1) is 0 Å². The number of rotatable bonds is 2. The summed E-state index contributed by atoms with van der Waals surface area (Å²) >= 11 is 0. The van der Waals surface area contributed by atoms with Gasteiger partial charge in [0.15, 0.2) is 0 Å². The van der Waals surface area contributed by atoms with Crippen LogP contribution in [0.15, 0.2) is 30.4 Å². The Balaban J connectivity index is 1.35. The van der Waals surface area contributed by atoms with Crippen LogP contribution in [0, 0.1) is 19.8 Å². The molecule has 1 spiro atoms. The Kier molecular flexibility index (Phi) is 8.47. The third-order valence-electron chi connectivity index (χ3n) is 9.97. The van der Waals surface area contributed by atoms with Crippen molar-refractivity contribution in [2.24, 2.45) is 5.92 Å². The van der Waals surface area contributed by atoms with Crippen LogP contribution in [0.5, 0.6) is 5.75 Å². The minimum Gasteiger partial charge on any atom is -0.483 e. The molecule has 1 aliphatic carbocycles. The van der Waals surface area contributed by atoms with Crippen molar-refractivity contribution in [3.05, 3.63) is 47.2 Å². The fourth-order valence-electron chi connectivity index (χ4n) is 7.46. The molecular formula is C36H46N4O7. The third kappa shape index (κ3) is 6.53. The fraction of sp³-hybridized carbons (Fsp3) is 0.583. The molecule has 252 valence electrons. The molecule has 0 unspecified atom stereocenters. The molecule has 1 aromatic heterocycles. The molecule has 11 heteroatoms. The number of ether oxygens (including phenoxy) is 2. The first-order valence-electron chi connectivity index (χ1n) is 16.8. The maximum Gasteiger partial charge on any atom is 0.408 e. The van der Waals surface area contributed by atoms with Crippen molar-refractivity contribution in [3.8, 4) is 5.75 Å². The molecule has 47 heavy (non-hydrogen) atoms. The van der Waals surface area contributed by atoms with E-state index in [4.69, 9.17) is 14.5 Å². The number of nitrogens with one attached hydrogen (secondary N) is 2. The normalized spacial score (nSPS) is 29.5. The summed E-state index contributed by atoms with van der Waals surface area (Å²) in [5, 5.41) is 16.8.